The van der Waals surface area contributed by atoms with Crippen LogP contribution in [0.1, 0.15) is 12.6 Å². The van der Waals surface area contributed by atoms with E-state index in [0.717, 1.165) is 12.1 Å². The maximum atomic E-state index is 12.7. The SMILES string of the molecule is O=S(=O)([O-])c1cc(Nc2nc(Nc3ccccc3)nc(N(CCO)CCO)n2)ccc1C=Cc1ccc(Nc2nc(Nc3ccccc3)nc(N(CCO)CCO)n2)cc1S(=O)(=O)O.[H+].[KH]. The van der Waals surface area contributed by atoms with E-state index in [1.165, 1.54) is 46.2 Å². The molecule has 9 N–H and O–H groups in total. The van der Waals surface area contributed by atoms with Crippen LogP contribution in [0.2, 0.25) is 0 Å². The van der Waals surface area contributed by atoms with Crippen molar-refractivity contribution in [2.75, 3.05) is 83.7 Å². The van der Waals surface area contributed by atoms with Gasteiger partial charge in [-0.3, -0.25) is 4.55 Å². The van der Waals surface area contributed by atoms with Crippen LogP contribution in [0, 0.1) is 0 Å². The van der Waals surface area contributed by atoms with Gasteiger partial charge in [0.25, 0.3) is 10.1 Å². The first-order chi connectivity index (χ1) is 30.8. The molecule has 25 heteroatoms. The summed E-state index contributed by atoms with van der Waals surface area (Å²) in [4.78, 5) is 28.1. The first-order valence-electron chi connectivity index (χ1n) is 19.3. The van der Waals surface area contributed by atoms with Crippen molar-refractivity contribution in [1.82, 2.24) is 29.9 Å². The van der Waals surface area contributed by atoms with E-state index >= 15 is 0 Å². The Morgan fingerprint density at radius 3 is 1.18 bits per heavy atom. The van der Waals surface area contributed by atoms with Gasteiger partial charge in [-0.25, -0.2) is 8.42 Å². The number of aliphatic hydroxyl groups excluding tert-OH is 4. The Morgan fingerprint density at radius 2 is 0.846 bits per heavy atom. The van der Waals surface area contributed by atoms with Crippen molar-refractivity contribution in [2.45, 2.75) is 9.79 Å². The molecule has 4 aromatic carbocycles. The second kappa shape index (κ2) is 23.8. The Balaban J connectivity index is 0.00000476. The van der Waals surface area contributed by atoms with Crippen molar-refractivity contribution in [3.63, 3.8) is 0 Å². The first kappa shape index (κ1) is 50.7. The molecule has 0 spiro atoms. The molecule has 22 nitrogen and oxygen atoms in total. The van der Waals surface area contributed by atoms with Gasteiger partial charge in [-0.2, -0.15) is 38.3 Å². The van der Waals surface area contributed by atoms with Gasteiger partial charge < -0.3 is 56.0 Å². The number of hydrogen-bond donors (Lipinski definition) is 9. The van der Waals surface area contributed by atoms with Crippen LogP contribution in [-0.4, -0.2) is 180 Å². The van der Waals surface area contributed by atoms with Crippen LogP contribution in [0.3, 0.4) is 0 Å². The van der Waals surface area contributed by atoms with E-state index < -0.39 is 30.0 Å². The van der Waals surface area contributed by atoms with Crippen LogP contribution >= 0.6 is 0 Å². The zero-order valence-corrected chi connectivity index (χ0v) is 35.4. The van der Waals surface area contributed by atoms with Crippen LogP contribution in [-0.2, 0) is 20.2 Å². The van der Waals surface area contributed by atoms with E-state index in [1.807, 2.05) is 12.1 Å². The monoisotopic (exact) mass is 956 g/mol. The number of hydrogen-bond acceptors (Lipinski definition) is 21. The van der Waals surface area contributed by atoms with E-state index in [1.54, 1.807) is 48.5 Å². The Morgan fingerprint density at radius 1 is 0.508 bits per heavy atom. The summed E-state index contributed by atoms with van der Waals surface area (Å²) in [6, 6.07) is 25.4. The number of anilines is 10. The van der Waals surface area contributed by atoms with Crippen molar-refractivity contribution in [1.29, 1.82) is 0 Å². The van der Waals surface area contributed by atoms with Gasteiger partial charge in [0.15, 0.2) is 0 Å². The minimum atomic E-state index is -5.16. The Kier molecular flexibility index (Phi) is 18.6. The molecule has 0 aliphatic heterocycles. The average Bonchev–Trinajstić information content (AvgIpc) is 3.26. The van der Waals surface area contributed by atoms with Crippen LogP contribution in [0.4, 0.5) is 58.4 Å². The van der Waals surface area contributed by atoms with Crippen LogP contribution in [0.15, 0.2) is 107 Å². The van der Waals surface area contributed by atoms with Crippen LogP contribution < -0.4 is 31.1 Å². The molecule has 0 amide bonds. The minimum absolute atomic E-state index is 0. The van der Waals surface area contributed by atoms with Crippen LogP contribution in [0.25, 0.3) is 12.2 Å². The third kappa shape index (κ3) is 14.6. The zero-order valence-electron chi connectivity index (χ0n) is 34.7. The standard InChI is InChI=1S/C40H44N12O10S2.K.H/c53-21-17-51(18-22-54)39-47-35(41-29-7-3-1-4-8-29)45-37(49-39)43-31-15-13-27(33(25-31)63(57,58)59)11-12-28-14-16-32(26-34(28)64(60,61)62)44-38-46-36(42-30-9-5-2-6-10-30)48-40(50-38)52(19-23-55)20-24-56;;/h1-16,25-26,53-56H,17-24H2,(H,57,58,59)(H,60,61,62)(H2,41,43,45,47,49)(H2,42,44,46,48,50);;. The van der Waals surface area contributed by atoms with Gasteiger partial charge in [0, 0.05) is 48.9 Å². The van der Waals surface area contributed by atoms with Crippen molar-refractivity contribution < 1.29 is 47.8 Å². The predicted octanol–water partition coefficient (Wildman–Crippen LogP) is 2.40. The third-order valence-corrected chi connectivity index (χ3v) is 10.7. The van der Waals surface area contributed by atoms with Gasteiger partial charge in [-0.1, -0.05) is 60.7 Å². The molecule has 6 aromatic rings. The van der Waals surface area contributed by atoms with Gasteiger partial charge in [-0.15, -0.1) is 0 Å². The molecule has 65 heavy (non-hydrogen) atoms. The van der Waals surface area contributed by atoms with E-state index in [4.69, 9.17) is 0 Å². The van der Waals surface area contributed by atoms with E-state index in [2.05, 4.69) is 51.2 Å². The van der Waals surface area contributed by atoms with E-state index in [0.29, 0.717) is 11.4 Å². The summed E-state index contributed by atoms with van der Waals surface area (Å²) < 4.78 is 73.5. The molecule has 0 radical (unpaired) electrons. The van der Waals surface area contributed by atoms with Crippen molar-refractivity contribution in [3.8, 4) is 0 Å². The molecule has 2 heterocycles. The zero-order chi connectivity index (χ0) is 45.7. The molecule has 0 bridgehead atoms. The summed E-state index contributed by atoms with van der Waals surface area (Å²) in [6.07, 6.45) is 2.39. The number of rotatable bonds is 22. The number of nitrogens with zero attached hydrogens (tertiary/aromatic N) is 8. The molecular formula is C40H45KN12O10S2. The summed E-state index contributed by atoms with van der Waals surface area (Å²) >= 11 is 0. The van der Waals surface area contributed by atoms with Gasteiger partial charge in [-0.05, 0) is 59.7 Å². The quantitative estimate of drug-likeness (QED) is 0.0268. The molecule has 6 rings (SSSR count). The molecule has 0 saturated carbocycles. The van der Waals surface area contributed by atoms with Gasteiger partial charge in [0.1, 0.15) is 15.0 Å². The fourth-order valence-electron chi connectivity index (χ4n) is 6.02. The summed E-state index contributed by atoms with van der Waals surface area (Å²) in [5, 5.41) is 50.3. The van der Waals surface area contributed by atoms with Crippen molar-refractivity contribution in [3.05, 3.63) is 108 Å². The average molecular weight is 957 g/mol. The maximum absolute atomic E-state index is 12.7. The van der Waals surface area contributed by atoms with Crippen molar-refractivity contribution in [2.24, 2.45) is 0 Å². The van der Waals surface area contributed by atoms with E-state index in [-0.39, 0.29) is 164 Å². The predicted molar refractivity (Wildman–Crippen MR) is 246 cm³/mol. The number of nitrogens with one attached hydrogen (secondary N) is 4. The summed E-state index contributed by atoms with van der Waals surface area (Å²) in [5.74, 6) is 0.124. The Hall–Kier alpha value is -5.26. The second-order valence-electron chi connectivity index (χ2n) is 13.4. The molecule has 0 unspecified atom stereocenters. The number of aliphatic hydroxyl groups is 4. The molecule has 0 atom stereocenters. The molecule has 0 aliphatic rings. The van der Waals surface area contributed by atoms with Gasteiger partial charge in [0.05, 0.1) is 31.3 Å². The van der Waals surface area contributed by atoms with Gasteiger partial charge >= 0.3 is 52.8 Å². The fraction of sp³-hybridized carbons (Fsp3) is 0.200. The first-order valence-corrected chi connectivity index (χ1v) is 22.1. The molecular weight excluding hydrogens is 912 g/mol. The van der Waals surface area contributed by atoms with E-state index in [9.17, 15) is 46.4 Å². The summed E-state index contributed by atoms with van der Waals surface area (Å²) in [7, 11) is -10.1. The second-order valence-corrected chi connectivity index (χ2v) is 16.2. The third-order valence-electron chi connectivity index (χ3n) is 8.88. The Bertz CT molecular complexity index is 2590. The summed E-state index contributed by atoms with van der Waals surface area (Å²) in [5.41, 5.74) is 1.21. The number of benzene rings is 4. The molecule has 0 aliphatic carbocycles. The van der Waals surface area contributed by atoms with Gasteiger partial charge in [0.2, 0.25) is 35.7 Å². The van der Waals surface area contributed by atoms with Crippen LogP contribution in [0.5, 0.6) is 0 Å². The topological polar surface area (TPSA) is 324 Å². The molecule has 338 valence electrons. The fourth-order valence-corrected chi connectivity index (χ4v) is 7.43. The molecule has 0 saturated heterocycles. The summed E-state index contributed by atoms with van der Waals surface area (Å²) in [6.45, 7) is -0.841. The van der Waals surface area contributed by atoms with Crippen molar-refractivity contribution >= 4 is 142 Å². The molecule has 0 fully saturated rings. The number of para-hydroxylation sites is 2. The Labute approximate surface area is 418 Å². The number of aromatic nitrogens is 6. The molecule has 2 aromatic heterocycles. The normalized spacial score (nSPS) is 11.5.